The highest BCUT2D eigenvalue weighted by atomic mass is 32.1. The van der Waals surface area contributed by atoms with Gasteiger partial charge in [0.25, 0.3) is 11.1 Å². The average Bonchev–Trinajstić information content (AvgIpc) is 2.87. The number of para-hydroxylation sites is 1. The number of halogens is 3. The Labute approximate surface area is 157 Å². The van der Waals surface area contributed by atoms with Crippen LogP contribution in [0.25, 0.3) is 0 Å². The molecular formula is C18H13F3N2O3S. The molecule has 1 unspecified atom stereocenters. The Morgan fingerprint density at radius 3 is 2.11 bits per heavy atom. The topological polar surface area (TPSA) is 49.9 Å². The zero-order chi connectivity index (χ0) is 19.8. The molecule has 1 aliphatic rings. The number of carbonyl (C=O) groups excluding carboxylic acids is 2. The van der Waals surface area contributed by atoms with E-state index in [9.17, 15) is 22.8 Å². The normalized spacial score (nSPS) is 19.8. The van der Waals surface area contributed by atoms with Crippen molar-refractivity contribution in [2.24, 2.45) is 0 Å². The second-order valence-corrected chi connectivity index (χ2v) is 6.18. The lowest BCUT2D eigenvalue weighted by Crippen LogP contribution is -2.55. The number of hydrogen-bond acceptors (Lipinski definition) is 4. The Kier molecular flexibility index (Phi) is 4.64. The maximum atomic E-state index is 13.2. The third-order valence-electron chi connectivity index (χ3n) is 4.03. The summed E-state index contributed by atoms with van der Waals surface area (Å²) < 4.78 is 45.1. The first-order valence-corrected chi connectivity index (χ1v) is 8.16. The summed E-state index contributed by atoms with van der Waals surface area (Å²) in [7, 11) is 0. The van der Waals surface area contributed by atoms with Crippen LogP contribution in [0.2, 0.25) is 0 Å². The van der Waals surface area contributed by atoms with E-state index in [1.54, 1.807) is 36.4 Å². The Hall–Kier alpha value is -2.94. The molecule has 2 amide bonds. The zero-order valence-electron chi connectivity index (χ0n) is 13.9. The highest BCUT2D eigenvalue weighted by Gasteiger charge is 2.56. The fourth-order valence-electron chi connectivity index (χ4n) is 2.67. The molecule has 1 saturated heterocycles. The van der Waals surface area contributed by atoms with Gasteiger partial charge < -0.3 is 4.74 Å². The molecule has 5 nitrogen and oxygen atoms in total. The van der Waals surface area contributed by atoms with Crippen molar-refractivity contribution in [3.05, 3.63) is 66.2 Å². The SMILES string of the molecule is CC1(c2ccccc2)OC(=S)N(N(C(=O)C(F)(F)F)c2ccccc2)C1=O. The van der Waals surface area contributed by atoms with Crippen molar-refractivity contribution >= 4 is 34.9 Å². The number of benzene rings is 2. The first kappa shape index (κ1) is 18.8. The van der Waals surface area contributed by atoms with E-state index in [4.69, 9.17) is 17.0 Å². The van der Waals surface area contributed by atoms with E-state index in [-0.39, 0.29) is 10.7 Å². The number of alkyl halides is 3. The predicted octanol–water partition coefficient (Wildman–Crippen LogP) is 3.56. The molecule has 2 aromatic carbocycles. The predicted molar refractivity (Wildman–Crippen MR) is 94.3 cm³/mol. The summed E-state index contributed by atoms with van der Waals surface area (Å²) >= 11 is 5.01. The van der Waals surface area contributed by atoms with Gasteiger partial charge in [0.2, 0.25) is 5.60 Å². The van der Waals surface area contributed by atoms with E-state index in [0.717, 1.165) is 0 Å². The fraction of sp³-hybridized carbons (Fsp3) is 0.167. The Morgan fingerprint density at radius 2 is 1.59 bits per heavy atom. The molecule has 9 heteroatoms. The summed E-state index contributed by atoms with van der Waals surface area (Å²) in [4.78, 5) is 25.1. The van der Waals surface area contributed by atoms with Gasteiger partial charge in [-0.15, -0.1) is 0 Å². The van der Waals surface area contributed by atoms with E-state index in [2.05, 4.69) is 0 Å². The Morgan fingerprint density at radius 1 is 1.07 bits per heavy atom. The van der Waals surface area contributed by atoms with Gasteiger partial charge in [0.05, 0.1) is 5.69 Å². The highest BCUT2D eigenvalue weighted by molar-refractivity contribution is 7.80. The first-order chi connectivity index (χ1) is 12.7. The molecule has 0 spiro atoms. The Balaban J connectivity index is 2.09. The van der Waals surface area contributed by atoms with Gasteiger partial charge in [-0.1, -0.05) is 48.5 Å². The number of nitrogens with zero attached hydrogens (tertiary/aromatic N) is 2. The van der Waals surface area contributed by atoms with Crippen LogP contribution in [0.1, 0.15) is 12.5 Å². The van der Waals surface area contributed by atoms with Crippen LogP contribution in [0, 0.1) is 0 Å². The number of carbonyl (C=O) groups is 2. The summed E-state index contributed by atoms with van der Waals surface area (Å²) in [6.45, 7) is 1.39. The van der Waals surface area contributed by atoms with Crippen LogP contribution < -0.4 is 5.01 Å². The molecule has 0 bridgehead atoms. The molecule has 0 aliphatic carbocycles. The summed E-state index contributed by atoms with van der Waals surface area (Å²) in [6, 6.07) is 15.2. The van der Waals surface area contributed by atoms with E-state index in [1.807, 2.05) is 0 Å². The molecule has 0 aromatic heterocycles. The molecular weight excluding hydrogens is 381 g/mol. The largest absolute Gasteiger partial charge is 0.473 e. The van der Waals surface area contributed by atoms with Crippen LogP contribution in [0.4, 0.5) is 18.9 Å². The van der Waals surface area contributed by atoms with Gasteiger partial charge in [0.15, 0.2) is 0 Å². The quantitative estimate of drug-likeness (QED) is 0.747. The number of ether oxygens (including phenoxy) is 1. The van der Waals surface area contributed by atoms with E-state index in [1.165, 1.54) is 31.2 Å². The van der Waals surface area contributed by atoms with Gasteiger partial charge in [0, 0.05) is 5.56 Å². The lowest BCUT2D eigenvalue weighted by molar-refractivity contribution is -0.173. The lowest BCUT2D eigenvalue weighted by atomic mass is 9.95. The minimum atomic E-state index is -5.22. The number of hydrazine groups is 1. The minimum Gasteiger partial charge on any atom is -0.448 e. The number of amides is 2. The molecule has 1 fully saturated rings. The van der Waals surface area contributed by atoms with E-state index < -0.39 is 28.8 Å². The molecule has 2 aromatic rings. The molecule has 3 rings (SSSR count). The van der Waals surface area contributed by atoms with E-state index in [0.29, 0.717) is 10.6 Å². The summed E-state index contributed by atoms with van der Waals surface area (Å²) in [6.07, 6.45) is -5.22. The van der Waals surface area contributed by atoms with Crippen LogP contribution in [0.5, 0.6) is 0 Å². The molecule has 0 radical (unpaired) electrons. The maximum Gasteiger partial charge on any atom is 0.473 e. The Bertz CT molecular complexity index is 890. The van der Waals surface area contributed by atoms with Crippen molar-refractivity contribution in [2.45, 2.75) is 18.7 Å². The number of hydrogen-bond donors (Lipinski definition) is 0. The summed E-state index contributed by atoms with van der Waals surface area (Å²) in [5, 5.41) is 0.0969. The number of rotatable bonds is 3. The molecule has 1 heterocycles. The molecule has 1 aliphatic heterocycles. The fourth-order valence-corrected chi connectivity index (χ4v) is 3.00. The van der Waals surface area contributed by atoms with Gasteiger partial charge in [-0.3, -0.25) is 9.59 Å². The number of anilines is 1. The third-order valence-corrected chi connectivity index (χ3v) is 4.28. The molecule has 0 N–H and O–H groups in total. The van der Waals surface area contributed by atoms with Gasteiger partial charge >= 0.3 is 12.1 Å². The smallest absolute Gasteiger partial charge is 0.448 e. The van der Waals surface area contributed by atoms with Gasteiger partial charge in [-0.25, -0.2) is 5.01 Å². The summed E-state index contributed by atoms with van der Waals surface area (Å²) in [5.41, 5.74) is -1.43. The van der Waals surface area contributed by atoms with Crippen molar-refractivity contribution in [1.29, 1.82) is 0 Å². The van der Waals surface area contributed by atoms with Gasteiger partial charge in [-0.05, 0) is 31.3 Å². The lowest BCUT2D eigenvalue weighted by Gasteiger charge is -2.30. The molecule has 27 heavy (non-hydrogen) atoms. The molecule has 1 atom stereocenters. The van der Waals surface area contributed by atoms with Crippen LogP contribution in [-0.4, -0.2) is 28.2 Å². The van der Waals surface area contributed by atoms with Crippen LogP contribution in [0.15, 0.2) is 60.7 Å². The van der Waals surface area contributed by atoms with Gasteiger partial charge in [-0.2, -0.15) is 18.2 Å². The van der Waals surface area contributed by atoms with Crippen LogP contribution in [0.3, 0.4) is 0 Å². The van der Waals surface area contributed by atoms with Crippen molar-refractivity contribution in [2.75, 3.05) is 5.01 Å². The van der Waals surface area contributed by atoms with Crippen LogP contribution >= 0.6 is 12.2 Å². The second-order valence-electron chi connectivity index (χ2n) is 5.83. The molecule has 0 saturated carbocycles. The zero-order valence-corrected chi connectivity index (χ0v) is 14.8. The van der Waals surface area contributed by atoms with Gasteiger partial charge in [0.1, 0.15) is 0 Å². The highest BCUT2D eigenvalue weighted by Crippen LogP contribution is 2.37. The average molecular weight is 394 g/mol. The standard InChI is InChI=1S/C18H13F3N2O3S/c1-17(12-8-4-2-5-9-12)14(24)23(16(27)26-17)22(15(25)18(19,20)21)13-10-6-3-7-11-13/h2-11H,1H3. The van der Waals surface area contributed by atoms with Crippen molar-refractivity contribution in [1.82, 2.24) is 5.01 Å². The minimum absolute atomic E-state index is 0.170. The third kappa shape index (κ3) is 3.25. The first-order valence-electron chi connectivity index (χ1n) is 7.75. The summed E-state index contributed by atoms with van der Waals surface area (Å²) in [5.74, 6) is -3.16. The van der Waals surface area contributed by atoms with Crippen LogP contribution in [-0.2, 0) is 19.9 Å². The van der Waals surface area contributed by atoms with Crippen molar-refractivity contribution < 1.29 is 27.5 Å². The maximum absolute atomic E-state index is 13.2. The van der Waals surface area contributed by atoms with E-state index >= 15 is 0 Å². The second kappa shape index (κ2) is 6.66. The monoisotopic (exact) mass is 394 g/mol. The van der Waals surface area contributed by atoms with Crippen molar-refractivity contribution in [3.63, 3.8) is 0 Å². The molecule has 140 valence electrons. The van der Waals surface area contributed by atoms with Crippen molar-refractivity contribution in [3.8, 4) is 0 Å². The number of thiocarbonyl (C=S) groups is 1.